The molecule has 1 rings (SSSR count). The molecule has 0 heterocycles. The molecule has 1 atom stereocenters. The minimum absolute atomic E-state index is 0.917. The zero-order valence-electron chi connectivity index (χ0n) is 11.8. The number of hydrogen-bond donors (Lipinski definition) is 0. The molecule has 17 heavy (non-hydrogen) atoms. The van der Waals surface area contributed by atoms with Gasteiger partial charge in [0.15, 0.2) is 0 Å². The van der Waals surface area contributed by atoms with Gasteiger partial charge in [-0.1, -0.05) is 72.1 Å². The number of benzene rings is 1. The lowest BCUT2D eigenvalue weighted by atomic mass is 10.4. The van der Waals surface area contributed by atoms with Gasteiger partial charge in [0.25, 0.3) is 0 Å². The van der Waals surface area contributed by atoms with Crippen LogP contribution in [0, 0.1) is 0 Å². The molecule has 0 aliphatic heterocycles. The molecule has 1 unspecified atom stereocenters. The van der Waals surface area contributed by atoms with E-state index in [2.05, 4.69) is 57.5 Å². The van der Waals surface area contributed by atoms with Crippen LogP contribution < -0.4 is 5.30 Å². The molecule has 4 heteroatoms. The van der Waals surface area contributed by atoms with Crippen LogP contribution >= 0.6 is 8.58 Å². The van der Waals surface area contributed by atoms with E-state index in [-0.39, 0.29) is 0 Å². The maximum atomic E-state index is 5.45. The van der Waals surface area contributed by atoms with Crippen molar-refractivity contribution >= 4 is 42.7 Å². The van der Waals surface area contributed by atoms with Gasteiger partial charge in [0, 0.05) is 16.1 Å². The SMILES string of the molecule is C[Si](C)(C)C(Pc1ccccc1[S-])[Si](C)(C)C. The summed E-state index contributed by atoms with van der Waals surface area (Å²) in [5, 5.41) is 1.41. The van der Waals surface area contributed by atoms with Crippen molar-refractivity contribution in [3.63, 3.8) is 0 Å². The highest BCUT2D eigenvalue weighted by molar-refractivity contribution is 7.62. The fraction of sp³-hybridized carbons (Fsp3) is 0.538. The molecule has 1 aromatic carbocycles. The lowest BCUT2D eigenvalue weighted by Crippen LogP contribution is -2.51. The van der Waals surface area contributed by atoms with E-state index in [1.54, 1.807) is 0 Å². The summed E-state index contributed by atoms with van der Waals surface area (Å²) < 4.78 is 0. The molecular formula is C13H24PSSi2-. The molecular weight excluding hydrogens is 275 g/mol. The zero-order chi connectivity index (χ0) is 13.3. The molecule has 0 amide bonds. The van der Waals surface area contributed by atoms with Crippen molar-refractivity contribution in [3.8, 4) is 0 Å². The van der Waals surface area contributed by atoms with Crippen LogP contribution in [0.3, 0.4) is 0 Å². The summed E-state index contributed by atoms with van der Waals surface area (Å²) in [7, 11) is -1.28. The van der Waals surface area contributed by atoms with Gasteiger partial charge >= 0.3 is 0 Å². The average Bonchev–Trinajstić information content (AvgIpc) is 2.12. The van der Waals surface area contributed by atoms with E-state index in [1.165, 1.54) is 5.30 Å². The van der Waals surface area contributed by atoms with E-state index in [1.807, 2.05) is 6.07 Å². The molecule has 1 aromatic rings. The lowest BCUT2D eigenvalue weighted by molar-refractivity contribution is 1.45. The summed E-state index contributed by atoms with van der Waals surface area (Å²) in [6, 6.07) is 8.48. The monoisotopic (exact) mass is 299 g/mol. The van der Waals surface area contributed by atoms with Crippen molar-refractivity contribution in [1.82, 2.24) is 0 Å². The summed E-state index contributed by atoms with van der Waals surface area (Å²) in [5.41, 5.74) is 0. The molecule has 0 N–H and O–H groups in total. The summed E-state index contributed by atoms with van der Waals surface area (Å²) in [6.45, 7) is 15.1. The lowest BCUT2D eigenvalue weighted by Gasteiger charge is -2.39. The zero-order valence-corrected chi connectivity index (χ0v) is 15.6. The quantitative estimate of drug-likeness (QED) is 0.460. The molecule has 96 valence electrons. The van der Waals surface area contributed by atoms with Gasteiger partial charge in [-0.2, -0.15) is 4.90 Å². The molecule has 0 spiro atoms. The average molecular weight is 300 g/mol. The molecule has 0 saturated carbocycles. The third-order valence-electron chi connectivity index (χ3n) is 2.92. The first-order chi connectivity index (χ1) is 7.62. The molecule has 0 aromatic heterocycles. The van der Waals surface area contributed by atoms with Crippen LogP contribution in [-0.4, -0.2) is 21.1 Å². The Hall–Kier alpha value is 0.304. The Balaban J connectivity index is 3.00. The Morgan fingerprint density at radius 3 is 1.82 bits per heavy atom. The van der Waals surface area contributed by atoms with Gasteiger partial charge in [-0.3, -0.25) is 0 Å². The van der Waals surface area contributed by atoms with Crippen LogP contribution in [0.25, 0.3) is 0 Å². The van der Waals surface area contributed by atoms with Crippen LogP contribution in [0.1, 0.15) is 0 Å². The van der Waals surface area contributed by atoms with E-state index in [9.17, 15) is 0 Å². The predicted molar refractivity (Wildman–Crippen MR) is 90.5 cm³/mol. The Morgan fingerprint density at radius 2 is 1.41 bits per heavy atom. The Morgan fingerprint density at radius 1 is 0.941 bits per heavy atom. The van der Waals surface area contributed by atoms with E-state index in [0.717, 1.165) is 18.4 Å². The van der Waals surface area contributed by atoms with Crippen LogP contribution in [0.4, 0.5) is 0 Å². The second-order valence-electron chi connectivity index (χ2n) is 6.81. The Kier molecular flexibility index (Phi) is 4.99. The standard InChI is InChI=1S/C13H25PSSi2/c1-16(2,3)13(17(4,5)6)14-11-9-7-8-10-12(11)15/h7-10,13-15H,1-6H3/p-1. The summed E-state index contributed by atoms with van der Waals surface area (Å²) in [4.78, 5) is 1.99. The molecule has 0 radical (unpaired) electrons. The van der Waals surface area contributed by atoms with Gasteiger partial charge in [-0.15, -0.1) is 0 Å². The minimum Gasteiger partial charge on any atom is -0.779 e. The fourth-order valence-electron chi connectivity index (χ4n) is 2.47. The molecule has 0 bridgehead atoms. The maximum Gasteiger partial charge on any atom is 0.0492 e. The highest BCUT2D eigenvalue weighted by atomic mass is 32.1. The van der Waals surface area contributed by atoms with Gasteiger partial charge < -0.3 is 12.6 Å². The smallest absolute Gasteiger partial charge is 0.0492 e. The maximum absolute atomic E-state index is 5.45. The molecule has 0 nitrogen and oxygen atoms in total. The Bertz CT molecular complexity index is 366. The van der Waals surface area contributed by atoms with E-state index < -0.39 is 16.1 Å². The van der Waals surface area contributed by atoms with Crippen LogP contribution in [-0.2, 0) is 12.6 Å². The molecule has 0 aliphatic carbocycles. The number of rotatable bonds is 4. The van der Waals surface area contributed by atoms with E-state index in [4.69, 9.17) is 12.6 Å². The second-order valence-corrected chi connectivity index (χ2v) is 21.0. The molecule has 0 aliphatic rings. The van der Waals surface area contributed by atoms with Crippen molar-refractivity contribution in [3.05, 3.63) is 24.3 Å². The van der Waals surface area contributed by atoms with Gasteiger partial charge in [-0.25, -0.2) is 0 Å². The highest BCUT2D eigenvalue weighted by Gasteiger charge is 2.37. The van der Waals surface area contributed by atoms with Crippen molar-refractivity contribution < 1.29 is 0 Å². The summed E-state index contributed by atoms with van der Waals surface area (Å²) >= 11 is 5.45. The second kappa shape index (κ2) is 5.52. The van der Waals surface area contributed by atoms with Crippen molar-refractivity contribution in [2.24, 2.45) is 0 Å². The topological polar surface area (TPSA) is 0 Å². The largest absolute Gasteiger partial charge is 0.779 e. The third kappa shape index (κ3) is 4.47. The van der Waals surface area contributed by atoms with Crippen LogP contribution in [0.5, 0.6) is 0 Å². The van der Waals surface area contributed by atoms with Gasteiger partial charge in [0.05, 0.1) is 0 Å². The van der Waals surface area contributed by atoms with Gasteiger partial charge in [0.1, 0.15) is 0 Å². The minimum atomic E-state index is -1.10. The van der Waals surface area contributed by atoms with Crippen molar-refractivity contribution in [2.45, 2.75) is 49.1 Å². The fourth-order valence-corrected chi connectivity index (χ4v) is 18.3. The third-order valence-corrected chi connectivity index (χ3v) is 19.2. The number of hydrogen-bond acceptors (Lipinski definition) is 1. The molecule has 0 saturated heterocycles. The van der Waals surface area contributed by atoms with Crippen molar-refractivity contribution in [2.75, 3.05) is 0 Å². The van der Waals surface area contributed by atoms with E-state index in [0.29, 0.717) is 0 Å². The van der Waals surface area contributed by atoms with Gasteiger partial charge in [-0.05, 0) is 10.2 Å². The first kappa shape index (κ1) is 15.4. The van der Waals surface area contributed by atoms with Crippen LogP contribution in [0.2, 0.25) is 39.3 Å². The summed E-state index contributed by atoms with van der Waals surface area (Å²) in [5.74, 6) is 0. The highest BCUT2D eigenvalue weighted by Crippen LogP contribution is 2.35. The van der Waals surface area contributed by atoms with E-state index >= 15 is 0 Å². The van der Waals surface area contributed by atoms with Crippen LogP contribution in [0.15, 0.2) is 29.2 Å². The Labute approximate surface area is 116 Å². The summed E-state index contributed by atoms with van der Waals surface area (Å²) in [6.07, 6.45) is 0. The molecule has 0 fully saturated rings. The van der Waals surface area contributed by atoms with Crippen molar-refractivity contribution in [1.29, 1.82) is 0 Å². The normalized spacial score (nSPS) is 13.8. The predicted octanol–water partition coefficient (Wildman–Crippen LogP) is 4.02. The first-order valence-electron chi connectivity index (χ1n) is 6.15. The first-order valence-corrected chi connectivity index (χ1v) is 14.8. The van der Waals surface area contributed by atoms with Gasteiger partial charge in [0.2, 0.25) is 0 Å².